The minimum atomic E-state index is -0.782. The molecule has 5 heterocycles. The summed E-state index contributed by atoms with van der Waals surface area (Å²) in [5.41, 5.74) is -1.24. The molecule has 0 radical (unpaired) electrons. The lowest BCUT2D eigenvalue weighted by Crippen LogP contribution is -2.57. The predicted molar refractivity (Wildman–Crippen MR) is 215 cm³/mol. The van der Waals surface area contributed by atoms with Crippen LogP contribution in [0, 0.1) is 28.9 Å². The summed E-state index contributed by atoms with van der Waals surface area (Å²) in [7, 11) is 0. The van der Waals surface area contributed by atoms with E-state index < -0.39 is 28.9 Å². The van der Waals surface area contributed by atoms with E-state index in [4.69, 9.17) is 30.8 Å². The fourth-order valence-electron chi connectivity index (χ4n) is 7.84. The van der Waals surface area contributed by atoms with E-state index in [2.05, 4.69) is 26.3 Å². The van der Waals surface area contributed by atoms with Crippen LogP contribution < -0.4 is 15.0 Å². The van der Waals surface area contributed by atoms with Crippen LogP contribution in [-0.4, -0.2) is 99.1 Å². The lowest BCUT2D eigenvalue weighted by atomic mass is 9.98. The molecule has 0 aliphatic carbocycles. The molecule has 0 spiro atoms. The van der Waals surface area contributed by atoms with Gasteiger partial charge in [-0.2, -0.15) is 15.2 Å². The number of fused-ring (bicyclic) bond motifs is 4. The fourth-order valence-corrected chi connectivity index (χ4v) is 9.01. The van der Waals surface area contributed by atoms with Gasteiger partial charge in [0.1, 0.15) is 34.5 Å². The molecular formula is C40H47ClF2N8O5S. The molecule has 2 bridgehead atoms. The highest BCUT2D eigenvalue weighted by Gasteiger charge is 2.45. The Morgan fingerprint density at radius 3 is 2.30 bits per heavy atom. The van der Waals surface area contributed by atoms with E-state index in [1.807, 2.05) is 37.5 Å². The van der Waals surface area contributed by atoms with Crippen LogP contribution in [0.5, 0.6) is 6.01 Å². The van der Waals surface area contributed by atoms with Gasteiger partial charge in [-0.05, 0) is 105 Å². The molecular weight excluding hydrogens is 778 g/mol. The number of benzene rings is 2. The average molecular weight is 825 g/mol. The van der Waals surface area contributed by atoms with Gasteiger partial charge in [0.05, 0.1) is 33.4 Å². The first kappa shape index (κ1) is 40.6. The summed E-state index contributed by atoms with van der Waals surface area (Å²) >= 11 is 7.85. The number of hydrogen-bond acceptors (Lipinski definition) is 12. The molecule has 17 heteroatoms. The minimum absolute atomic E-state index is 0.0191. The van der Waals surface area contributed by atoms with Crippen LogP contribution in [0.2, 0.25) is 5.02 Å². The molecule has 2 aromatic carbocycles. The molecule has 304 valence electrons. The Kier molecular flexibility index (Phi) is 11.1. The number of aromatic nitrogens is 3. The number of amides is 2. The maximum absolute atomic E-state index is 17.3. The Labute approximate surface area is 339 Å². The third-order valence-corrected chi connectivity index (χ3v) is 11.5. The maximum atomic E-state index is 17.3. The Hall–Kier alpha value is -4.59. The molecule has 3 atom stereocenters. The number of nitrogens with zero attached hydrogens (tertiary/aromatic N) is 7. The highest BCUT2D eigenvalue weighted by Crippen LogP contribution is 2.44. The Morgan fingerprint density at radius 2 is 1.67 bits per heavy atom. The molecule has 57 heavy (non-hydrogen) atoms. The van der Waals surface area contributed by atoms with Crippen LogP contribution >= 0.6 is 22.9 Å². The molecule has 3 aliphatic heterocycles. The SMILES string of the molecule is CC(CN1CCC(C#N)CC1)Oc1nc(N2CC3CCC(C2)N3C(=O)OC(C)(C)C)c2cc(Cl)c(-c3ccc(F)c4sc(NC(=O)OC(C)(C)C)nc34)c(F)c2n1. The van der Waals surface area contributed by atoms with Crippen molar-refractivity contribution in [2.24, 2.45) is 5.92 Å². The van der Waals surface area contributed by atoms with E-state index >= 15 is 8.78 Å². The van der Waals surface area contributed by atoms with Crippen molar-refractivity contribution < 1.29 is 32.6 Å². The first-order valence-corrected chi connectivity index (χ1v) is 20.4. The Balaban J connectivity index is 1.27. The largest absolute Gasteiger partial charge is 0.459 e. The summed E-state index contributed by atoms with van der Waals surface area (Å²) < 4.78 is 50.0. The number of anilines is 2. The second-order valence-electron chi connectivity index (χ2n) is 17.0. The summed E-state index contributed by atoms with van der Waals surface area (Å²) in [5.74, 6) is -0.937. The second kappa shape index (κ2) is 15.6. The van der Waals surface area contributed by atoms with Gasteiger partial charge >= 0.3 is 18.2 Å². The maximum Gasteiger partial charge on any atom is 0.413 e. The van der Waals surface area contributed by atoms with Gasteiger partial charge in [-0.15, -0.1) is 0 Å². The van der Waals surface area contributed by atoms with Crippen LogP contribution in [0.25, 0.3) is 32.2 Å². The van der Waals surface area contributed by atoms with Crippen molar-refractivity contribution in [1.82, 2.24) is 24.8 Å². The number of halogens is 3. The zero-order valence-corrected chi connectivity index (χ0v) is 34.7. The average Bonchev–Trinajstić information content (AvgIpc) is 3.66. The molecule has 7 rings (SSSR count). The first-order valence-electron chi connectivity index (χ1n) is 19.2. The lowest BCUT2D eigenvalue weighted by Gasteiger charge is -2.42. The monoisotopic (exact) mass is 824 g/mol. The molecule has 4 aromatic rings. The van der Waals surface area contributed by atoms with Crippen LogP contribution in [0.4, 0.5) is 29.3 Å². The summed E-state index contributed by atoms with van der Waals surface area (Å²) in [6, 6.07) is 6.19. The third kappa shape index (κ3) is 8.80. The molecule has 1 N–H and O–H groups in total. The quantitative estimate of drug-likeness (QED) is 0.191. The van der Waals surface area contributed by atoms with Crippen molar-refractivity contribution in [2.45, 2.75) is 104 Å². The van der Waals surface area contributed by atoms with Gasteiger partial charge in [0.15, 0.2) is 10.9 Å². The number of carbonyl (C=O) groups excluding carboxylic acids is 2. The number of carbonyl (C=O) groups is 2. The lowest BCUT2D eigenvalue weighted by molar-refractivity contribution is 0.0122. The topological polar surface area (TPSA) is 146 Å². The number of rotatable bonds is 7. The van der Waals surface area contributed by atoms with Gasteiger partial charge in [-0.25, -0.2) is 23.4 Å². The molecule has 13 nitrogen and oxygen atoms in total. The van der Waals surface area contributed by atoms with Crippen molar-refractivity contribution in [3.8, 4) is 23.2 Å². The Morgan fingerprint density at radius 1 is 1.00 bits per heavy atom. The minimum Gasteiger partial charge on any atom is -0.459 e. The van der Waals surface area contributed by atoms with E-state index in [1.165, 1.54) is 12.1 Å². The zero-order valence-electron chi connectivity index (χ0n) is 33.1. The van der Waals surface area contributed by atoms with Crippen molar-refractivity contribution in [2.75, 3.05) is 42.9 Å². The molecule has 0 saturated carbocycles. The molecule has 3 unspecified atom stereocenters. The van der Waals surface area contributed by atoms with Crippen LogP contribution in [0.1, 0.15) is 74.1 Å². The summed E-state index contributed by atoms with van der Waals surface area (Å²) in [5, 5.41) is 12.3. The van der Waals surface area contributed by atoms with Crippen molar-refractivity contribution in [3.63, 3.8) is 0 Å². The molecule has 2 amide bonds. The van der Waals surface area contributed by atoms with Crippen LogP contribution in [-0.2, 0) is 9.47 Å². The van der Waals surface area contributed by atoms with Crippen LogP contribution in [0.3, 0.4) is 0 Å². The third-order valence-electron chi connectivity index (χ3n) is 10.2. The first-order chi connectivity index (χ1) is 26.9. The zero-order chi connectivity index (χ0) is 41.0. The fraction of sp³-hybridized carbons (Fsp3) is 0.550. The van der Waals surface area contributed by atoms with E-state index in [9.17, 15) is 14.9 Å². The molecule has 2 aromatic heterocycles. The summed E-state index contributed by atoms with van der Waals surface area (Å²) in [4.78, 5) is 45.9. The van der Waals surface area contributed by atoms with Gasteiger partial charge in [0.25, 0.3) is 0 Å². The number of likely N-dealkylation sites (tertiary alicyclic amines) is 1. The van der Waals surface area contributed by atoms with Crippen molar-refractivity contribution >= 4 is 67.2 Å². The van der Waals surface area contributed by atoms with Crippen LogP contribution in [0.15, 0.2) is 18.2 Å². The molecule has 3 fully saturated rings. The van der Waals surface area contributed by atoms with E-state index in [-0.39, 0.29) is 73.2 Å². The number of hydrogen-bond donors (Lipinski definition) is 1. The van der Waals surface area contributed by atoms with Crippen molar-refractivity contribution in [1.29, 1.82) is 5.26 Å². The van der Waals surface area contributed by atoms with Gasteiger partial charge in [0.2, 0.25) is 0 Å². The number of thiazole rings is 1. The smallest absolute Gasteiger partial charge is 0.413 e. The van der Waals surface area contributed by atoms with Crippen molar-refractivity contribution in [3.05, 3.63) is 34.9 Å². The van der Waals surface area contributed by atoms with E-state index in [1.54, 1.807) is 26.8 Å². The highest BCUT2D eigenvalue weighted by molar-refractivity contribution is 7.22. The molecule has 3 aliphatic rings. The number of nitriles is 1. The number of ether oxygens (including phenoxy) is 3. The second-order valence-corrected chi connectivity index (χ2v) is 18.4. The number of piperazine rings is 1. The van der Waals surface area contributed by atoms with E-state index in [0.717, 1.165) is 50.1 Å². The summed E-state index contributed by atoms with van der Waals surface area (Å²) in [6.45, 7) is 15.5. The van der Waals surface area contributed by atoms with Gasteiger partial charge < -0.3 is 19.1 Å². The normalized spacial score (nSPS) is 19.8. The van der Waals surface area contributed by atoms with Gasteiger partial charge in [-0.3, -0.25) is 15.1 Å². The number of nitrogens with one attached hydrogen (secondary N) is 1. The molecule has 3 saturated heterocycles. The van der Waals surface area contributed by atoms with Gasteiger partial charge in [-0.1, -0.05) is 22.9 Å². The van der Waals surface area contributed by atoms with Gasteiger partial charge in [0, 0.05) is 42.1 Å². The Bertz CT molecular complexity index is 2230. The number of piperidine rings is 1. The highest BCUT2D eigenvalue weighted by atomic mass is 35.5. The van der Waals surface area contributed by atoms with E-state index in [0.29, 0.717) is 30.8 Å². The summed E-state index contributed by atoms with van der Waals surface area (Å²) in [6.07, 6.45) is 1.58. The standard InChI is InChI=1S/C40H47ClF2N8O5S/c1-21(18-49-14-12-22(17-44)13-15-49)54-35-45-31-26(34(47-35)50-19-23-8-9-24(20-50)51(23)38(53)56-40(5,6)7)16-27(41)29(30(31)43)25-10-11-28(42)33-32(25)46-36(57-33)48-37(52)55-39(2,3)4/h10-11,16,21-24H,8-9,12-15,18-20H2,1-7H3,(H,46,48,52). The predicted octanol–water partition coefficient (Wildman–Crippen LogP) is 8.78.